The van der Waals surface area contributed by atoms with Gasteiger partial charge < -0.3 is 19.6 Å². The third-order valence-electron chi connectivity index (χ3n) is 4.47. The zero-order valence-corrected chi connectivity index (χ0v) is 16.2. The van der Waals surface area contributed by atoms with Crippen molar-refractivity contribution in [3.05, 3.63) is 75.1 Å². The van der Waals surface area contributed by atoms with Crippen molar-refractivity contribution in [3.8, 4) is 5.75 Å². The Kier molecular flexibility index (Phi) is 5.97. The molecule has 150 valence electrons. The van der Waals surface area contributed by atoms with Crippen LogP contribution >= 0.6 is 0 Å². The van der Waals surface area contributed by atoms with Crippen molar-refractivity contribution in [1.82, 2.24) is 5.32 Å². The van der Waals surface area contributed by atoms with Gasteiger partial charge in [0, 0.05) is 28.6 Å². The van der Waals surface area contributed by atoms with Gasteiger partial charge in [-0.05, 0) is 37.1 Å². The van der Waals surface area contributed by atoms with E-state index in [2.05, 4.69) is 5.32 Å². The average Bonchev–Trinajstić information content (AvgIpc) is 2.69. The van der Waals surface area contributed by atoms with E-state index >= 15 is 0 Å². The summed E-state index contributed by atoms with van der Waals surface area (Å²) in [6.07, 6.45) is 0.588. The highest BCUT2D eigenvalue weighted by Crippen LogP contribution is 2.27. The van der Waals surface area contributed by atoms with Gasteiger partial charge in [0.05, 0.1) is 0 Å². The Labute approximate surface area is 166 Å². The Morgan fingerprint density at radius 3 is 2.66 bits per heavy atom. The van der Waals surface area contributed by atoms with E-state index in [1.807, 2.05) is 19.9 Å². The number of hydrogen-bond acceptors (Lipinski definition) is 6. The number of ether oxygens (including phenoxy) is 1. The van der Waals surface area contributed by atoms with Crippen molar-refractivity contribution in [2.45, 2.75) is 26.9 Å². The number of phenolic OH excluding ortho intramolecular Hbond substituents is 1. The predicted octanol–water partition coefficient (Wildman–Crippen LogP) is 2.84. The Hall–Kier alpha value is -3.61. The molecule has 0 unspecified atom stereocenters. The molecule has 2 aromatic carbocycles. The maximum atomic E-state index is 12.1. The number of fused-ring (bicyclic) bond motifs is 1. The van der Waals surface area contributed by atoms with Crippen molar-refractivity contribution >= 4 is 22.8 Å². The topological polar surface area (TPSA) is 106 Å². The molecule has 7 heteroatoms. The summed E-state index contributed by atoms with van der Waals surface area (Å²) in [5.41, 5.74) is 2.14. The van der Waals surface area contributed by atoms with E-state index in [1.165, 1.54) is 12.1 Å². The number of aryl methyl sites for hydroxylation is 2. The van der Waals surface area contributed by atoms with Gasteiger partial charge >= 0.3 is 11.6 Å². The number of esters is 1. The van der Waals surface area contributed by atoms with Gasteiger partial charge in [-0.1, -0.05) is 24.6 Å². The fourth-order valence-electron chi connectivity index (χ4n) is 2.96. The van der Waals surface area contributed by atoms with Crippen LogP contribution in [0.1, 0.15) is 34.0 Å². The standard InChI is InChI=1S/C22H21NO6/c1-3-14-8-17-16(9-20(25)29-19(17)10-18(14)24)12-28-21(26)11-23-22(27)15-6-4-5-13(2)7-15/h4-10,24H,3,11-12H2,1-2H3,(H,23,27). The summed E-state index contributed by atoms with van der Waals surface area (Å²) < 4.78 is 10.3. The van der Waals surface area contributed by atoms with Crippen molar-refractivity contribution in [2.24, 2.45) is 0 Å². The fourth-order valence-corrected chi connectivity index (χ4v) is 2.96. The molecule has 1 aromatic heterocycles. The first kappa shape index (κ1) is 20.1. The number of carbonyl (C=O) groups excluding carboxylic acids is 2. The number of carbonyl (C=O) groups is 2. The molecule has 7 nitrogen and oxygen atoms in total. The fraction of sp³-hybridized carbons (Fsp3) is 0.227. The molecule has 3 rings (SSSR count). The summed E-state index contributed by atoms with van der Waals surface area (Å²) in [5.74, 6) is -0.974. The molecule has 0 radical (unpaired) electrons. The number of amides is 1. The number of aromatic hydroxyl groups is 1. The van der Waals surface area contributed by atoms with Crippen LogP contribution in [0.3, 0.4) is 0 Å². The van der Waals surface area contributed by atoms with Crippen LogP contribution in [-0.2, 0) is 22.6 Å². The third-order valence-corrected chi connectivity index (χ3v) is 4.47. The minimum Gasteiger partial charge on any atom is -0.508 e. The van der Waals surface area contributed by atoms with E-state index < -0.39 is 11.6 Å². The monoisotopic (exact) mass is 395 g/mol. The van der Waals surface area contributed by atoms with E-state index in [1.54, 1.807) is 24.3 Å². The molecule has 0 aliphatic carbocycles. The second-order valence-electron chi connectivity index (χ2n) is 6.63. The summed E-state index contributed by atoms with van der Waals surface area (Å²) in [6, 6.07) is 11.3. The molecule has 2 N–H and O–H groups in total. The highest BCUT2D eigenvalue weighted by molar-refractivity contribution is 5.96. The van der Waals surface area contributed by atoms with Gasteiger partial charge in [-0.15, -0.1) is 0 Å². The molecule has 29 heavy (non-hydrogen) atoms. The van der Waals surface area contributed by atoms with E-state index in [0.717, 1.165) is 5.56 Å². The Balaban J connectivity index is 1.67. The molecular weight excluding hydrogens is 374 g/mol. The van der Waals surface area contributed by atoms with Crippen LogP contribution in [0.15, 0.2) is 51.7 Å². The minimum atomic E-state index is -0.637. The molecular formula is C22H21NO6. The van der Waals surface area contributed by atoms with Crippen LogP contribution in [0.4, 0.5) is 0 Å². The van der Waals surface area contributed by atoms with E-state index in [-0.39, 0.29) is 30.4 Å². The lowest BCUT2D eigenvalue weighted by molar-refractivity contribution is -0.143. The molecule has 0 saturated carbocycles. The second-order valence-corrected chi connectivity index (χ2v) is 6.63. The molecule has 3 aromatic rings. The third kappa shape index (κ3) is 4.82. The highest BCUT2D eigenvalue weighted by Gasteiger charge is 2.13. The molecule has 0 aliphatic heterocycles. The predicted molar refractivity (Wildman–Crippen MR) is 107 cm³/mol. The van der Waals surface area contributed by atoms with Crippen molar-refractivity contribution in [3.63, 3.8) is 0 Å². The van der Waals surface area contributed by atoms with Crippen LogP contribution in [-0.4, -0.2) is 23.5 Å². The molecule has 0 atom stereocenters. The van der Waals surface area contributed by atoms with Gasteiger partial charge in [0.15, 0.2) is 0 Å². The van der Waals surface area contributed by atoms with Gasteiger partial charge in [0.1, 0.15) is 24.5 Å². The zero-order chi connectivity index (χ0) is 21.0. The quantitative estimate of drug-likeness (QED) is 0.491. The van der Waals surface area contributed by atoms with Gasteiger partial charge in [-0.3, -0.25) is 9.59 Å². The summed E-state index contributed by atoms with van der Waals surface area (Å²) in [6.45, 7) is 3.30. The summed E-state index contributed by atoms with van der Waals surface area (Å²) in [5, 5.41) is 13.0. The summed E-state index contributed by atoms with van der Waals surface area (Å²) in [4.78, 5) is 35.9. The highest BCUT2D eigenvalue weighted by atomic mass is 16.5. The normalized spacial score (nSPS) is 10.7. The molecule has 0 saturated heterocycles. The average molecular weight is 395 g/mol. The Bertz CT molecular complexity index is 1130. The van der Waals surface area contributed by atoms with Crippen LogP contribution < -0.4 is 10.9 Å². The number of hydrogen-bond donors (Lipinski definition) is 2. The van der Waals surface area contributed by atoms with Crippen LogP contribution in [0.2, 0.25) is 0 Å². The number of rotatable bonds is 6. The van der Waals surface area contributed by atoms with Crippen molar-refractivity contribution in [2.75, 3.05) is 6.54 Å². The van der Waals surface area contributed by atoms with Gasteiger partial charge in [-0.2, -0.15) is 0 Å². The largest absolute Gasteiger partial charge is 0.508 e. The molecule has 0 bridgehead atoms. The van der Waals surface area contributed by atoms with E-state index in [4.69, 9.17) is 9.15 Å². The summed E-state index contributed by atoms with van der Waals surface area (Å²) >= 11 is 0. The summed E-state index contributed by atoms with van der Waals surface area (Å²) in [7, 11) is 0. The SMILES string of the molecule is CCc1cc2c(COC(=O)CNC(=O)c3cccc(C)c3)cc(=O)oc2cc1O. The number of benzene rings is 2. The first-order chi connectivity index (χ1) is 13.9. The van der Waals surface area contributed by atoms with Crippen molar-refractivity contribution < 1.29 is 23.8 Å². The number of nitrogens with one attached hydrogen (secondary N) is 1. The van der Waals surface area contributed by atoms with Gasteiger partial charge in [-0.25, -0.2) is 4.79 Å². The molecule has 1 heterocycles. The maximum Gasteiger partial charge on any atom is 0.336 e. The van der Waals surface area contributed by atoms with Crippen molar-refractivity contribution in [1.29, 1.82) is 0 Å². The zero-order valence-electron chi connectivity index (χ0n) is 16.2. The van der Waals surface area contributed by atoms with Gasteiger partial charge in [0.2, 0.25) is 0 Å². The van der Waals surface area contributed by atoms with Gasteiger partial charge in [0.25, 0.3) is 5.91 Å². The second kappa shape index (κ2) is 8.60. The van der Waals surface area contributed by atoms with E-state index in [9.17, 15) is 19.5 Å². The van der Waals surface area contributed by atoms with Crippen LogP contribution in [0.5, 0.6) is 5.75 Å². The molecule has 1 amide bonds. The lowest BCUT2D eigenvalue weighted by Crippen LogP contribution is -2.30. The van der Waals surface area contributed by atoms with Crippen LogP contribution in [0.25, 0.3) is 11.0 Å². The lowest BCUT2D eigenvalue weighted by Gasteiger charge is -2.10. The molecule has 0 spiro atoms. The minimum absolute atomic E-state index is 0.0381. The lowest BCUT2D eigenvalue weighted by atomic mass is 10.0. The molecule has 0 aliphatic rings. The van der Waals surface area contributed by atoms with Crippen LogP contribution in [0, 0.1) is 6.92 Å². The number of phenols is 1. The smallest absolute Gasteiger partial charge is 0.336 e. The Morgan fingerprint density at radius 2 is 1.93 bits per heavy atom. The first-order valence-electron chi connectivity index (χ1n) is 9.16. The maximum absolute atomic E-state index is 12.1. The van der Waals surface area contributed by atoms with E-state index in [0.29, 0.717) is 28.5 Å². The molecule has 0 fully saturated rings. The first-order valence-corrected chi connectivity index (χ1v) is 9.16. The Morgan fingerprint density at radius 1 is 1.14 bits per heavy atom.